The highest BCUT2D eigenvalue weighted by atomic mass is 15.0. The lowest BCUT2D eigenvalue weighted by Crippen LogP contribution is -2.58. The molecule has 0 atom stereocenters. The zero-order chi connectivity index (χ0) is 10.7. The monoisotopic (exact) mass is 199 g/mol. The molecule has 2 heterocycles. The summed E-state index contributed by atoms with van der Waals surface area (Å²) in [4.78, 5) is 0. The Bertz CT molecular complexity index is 425. The van der Waals surface area contributed by atoms with E-state index in [0.29, 0.717) is 0 Å². The zero-order valence-electron chi connectivity index (χ0n) is 9.51. The summed E-state index contributed by atoms with van der Waals surface area (Å²) in [5.74, 6) is 0. The van der Waals surface area contributed by atoms with Crippen LogP contribution in [0.2, 0.25) is 0 Å². The second-order valence-electron chi connectivity index (χ2n) is 4.29. The molecular weight excluding hydrogens is 183 g/mol. The van der Waals surface area contributed by atoms with Crippen LogP contribution in [0.1, 0.15) is 11.1 Å². The largest absolute Gasteiger partial charge is 0.526 e. The molecule has 2 aromatic rings. The minimum atomic E-state index is -0.313. The summed E-state index contributed by atoms with van der Waals surface area (Å²) in [5, 5.41) is 0. The first-order valence-electron chi connectivity index (χ1n) is 5.42. The molecule has 0 spiro atoms. The molecule has 0 unspecified atom stereocenters. The third-order valence-corrected chi connectivity index (χ3v) is 2.64. The third-order valence-electron chi connectivity index (χ3n) is 2.64. The van der Waals surface area contributed by atoms with E-state index in [1.54, 1.807) is 0 Å². The van der Waals surface area contributed by atoms with Crippen LogP contribution in [-0.4, -0.2) is 7.55 Å². The smallest absolute Gasteiger partial charge is 0.367 e. The molecule has 0 saturated carbocycles. The average molecular weight is 199 g/mol. The van der Waals surface area contributed by atoms with Crippen LogP contribution in [0.4, 0.5) is 0 Å². The Balaban J connectivity index is 2.22. The highest BCUT2D eigenvalue weighted by Crippen LogP contribution is 1.89. The van der Waals surface area contributed by atoms with E-state index in [4.69, 9.17) is 0 Å². The van der Waals surface area contributed by atoms with Gasteiger partial charge in [0.25, 0.3) is 0 Å². The summed E-state index contributed by atoms with van der Waals surface area (Å²) in [6, 6.07) is 8.47. The summed E-state index contributed by atoms with van der Waals surface area (Å²) in [6.07, 6.45) is 8.69. The fourth-order valence-corrected chi connectivity index (χ4v) is 1.99. The summed E-state index contributed by atoms with van der Waals surface area (Å²) >= 11 is 0. The van der Waals surface area contributed by atoms with Crippen LogP contribution >= 0.6 is 0 Å². The van der Waals surface area contributed by atoms with Crippen molar-refractivity contribution in [3.05, 3.63) is 60.2 Å². The topological polar surface area (TPSA) is 7.76 Å². The molecule has 3 heteroatoms. The molecule has 2 nitrogen and oxygen atoms in total. The highest BCUT2D eigenvalue weighted by Gasteiger charge is 2.03. The summed E-state index contributed by atoms with van der Waals surface area (Å²) in [7, 11) is -0.313. The van der Waals surface area contributed by atoms with E-state index in [1.165, 1.54) is 11.1 Å². The number of nitrogens with zero attached hydrogens (tertiary/aromatic N) is 2. The Hall–Kier alpha value is -1.64. The maximum absolute atomic E-state index is 2.30. The van der Waals surface area contributed by atoms with E-state index in [1.807, 2.05) is 0 Å². The van der Waals surface area contributed by atoms with Gasteiger partial charge in [0, 0.05) is 11.1 Å². The second-order valence-corrected chi connectivity index (χ2v) is 4.29. The molecule has 2 rings (SSSR count). The minimum absolute atomic E-state index is 0.313. The molecule has 0 N–H and O–H groups in total. The lowest BCUT2D eigenvalue weighted by atomic mass is 10.1. The van der Waals surface area contributed by atoms with Crippen LogP contribution in [0.5, 0.6) is 0 Å². The van der Waals surface area contributed by atoms with Gasteiger partial charge in [-0.25, -0.2) is 0 Å². The quantitative estimate of drug-likeness (QED) is 0.613. The van der Waals surface area contributed by atoms with E-state index in [2.05, 4.69) is 71.9 Å². The van der Waals surface area contributed by atoms with Crippen LogP contribution < -0.4 is 8.96 Å². The molecule has 0 aromatic carbocycles. The van der Waals surface area contributed by atoms with Crippen molar-refractivity contribution in [1.29, 1.82) is 0 Å². The van der Waals surface area contributed by atoms with E-state index < -0.39 is 0 Å². The lowest BCUT2D eigenvalue weighted by molar-refractivity contribution is -0.660. The van der Waals surface area contributed by atoms with Crippen molar-refractivity contribution in [2.75, 3.05) is 0 Å². The second kappa shape index (κ2) is 4.26. The van der Waals surface area contributed by atoms with Gasteiger partial charge in [0.05, 0.1) is 0 Å². The van der Waals surface area contributed by atoms with E-state index >= 15 is 0 Å². The van der Waals surface area contributed by atoms with Crippen molar-refractivity contribution in [1.82, 2.24) is 0 Å². The maximum Gasteiger partial charge on any atom is 0.526 e. The van der Waals surface area contributed by atoms with Crippen molar-refractivity contribution in [2.24, 2.45) is 0 Å². The van der Waals surface area contributed by atoms with Gasteiger partial charge < -0.3 is 8.96 Å². The summed E-state index contributed by atoms with van der Waals surface area (Å²) in [6.45, 7) is 4.26. The van der Waals surface area contributed by atoms with Gasteiger partial charge in [0.1, 0.15) is 24.8 Å². The summed E-state index contributed by atoms with van der Waals surface area (Å²) < 4.78 is 4.60. The maximum atomic E-state index is 2.30. The Morgan fingerprint density at radius 1 is 0.867 bits per heavy atom. The first kappa shape index (κ1) is 9.90. The number of aryl methyl sites for hydroxylation is 2. The Labute approximate surface area is 91.1 Å². The number of hydrogen-bond acceptors (Lipinski definition) is 0. The first-order valence-corrected chi connectivity index (χ1v) is 5.42. The number of rotatable bonds is 2. The molecule has 0 bridgehead atoms. The van der Waals surface area contributed by atoms with Crippen molar-refractivity contribution in [3.63, 3.8) is 0 Å². The van der Waals surface area contributed by atoms with Crippen LogP contribution in [0, 0.1) is 13.8 Å². The van der Waals surface area contributed by atoms with Gasteiger partial charge in [-0.15, -0.1) is 0 Å². The van der Waals surface area contributed by atoms with Gasteiger partial charge in [-0.05, 0) is 38.1 Å². The molecule has 0 aliphatic rings. The average Bonchev–Trinajstić information content (AvgIpc) is 2.17. The van der Waals surface area contributed by atoms with Crippen LogP contribution in [-0.2, 0) is 0 Å². The lowest BCUT2D eigenvalue weighted by Gasteiger charge is -2.03. The number of pyridine rings is 2. The normalized spacial score (nSPS) is 10.3. The third kappa shape index (κ3) is 2.66. The molecule has 0 saturated heterocycles. The fourth-order valence-electron chi connectivity index (χ4n) is 1.99. The van der Waals surface area contributed by atoms with Gasteiger partial charge >= 0.3 is 7.55 Å². The fraction of sp³-hybridized carbons (Fsp3) is 0.167. The molecular formula is C12H16BN2+. The standard InChI is InChI=1S/C12H16BN2/c1-11-5-3-7-14(9-11)13-15-8-4-6-12(2)10-15/h3-10H,13H2,1-2H3/q+1. The SMILES string of the molecule is Cc1ccc[n+]([BH2-][n+]2cccc(C)c2)c1. The molecule has 0 aliphatic carbocycles. The minimum Gasteiger partial charge on any atom is -0.367 e. The Morgan fingerprint density at radius 2 is 1.33 bits per heavy atom. The Morgan fingerprint density at radius 3 is 1.73 bits per heavy atom. The zero-order valence-corrected chi connectivity index (χ0v) is 9.51. The van der Waals surface area contributed by atoms with Crippen molar-refractivity contribution >= 4 is 7.55 Å². The van der Waals surface area contributed by atoms with Gasteiger partial charge in [-0.3, -0.25) is 0 Å². The molecule has 2 aromatic heterocycles. The van der Waals surface area contributed by atoms with Gasteiger partial charge in [-0.1, -0.05) is 0 Å². The molecule has 0 radical (unpaired) electrons. The van der Waals surface area contributed by atoms with Gasteiger partial charge in [0.2, 0.25) is 0 Å². The molecule has 0 aliphatic heterocycles. The highest BCUT2D eigenvalue weighted by molar-refractivity contribution is 6.11. The van der Waals surface area contributed by atoms with E-state index in [0.717, 1.165) is 0 Å². The number of aromatic nitrogens is 2. The number of hydrogen-bond donors (Lipinski definition) is 0. The first-order chi connectivity index (χ1) is 7.24. The van der Waals surface area contributed by atoms with E-state index in [-0.39, 0.29) is 7.55 Å². The predicted octanol–water partition coefficient (Wildman–Crippen LogP) is 0.274. The van der Waals surface area contributed by atoms with Gasteiger partial charge in [-0.2, -0.15) is 0 Å². The molecule has 15 heavy (non-hydrogen) atoms. The van der Waals surface area contributed by atoms with Crippen LogP contribution in [0.15, 0.2) is 49.1 Å². The van der Waals surface area contributed by atoms with Crippen LogP contribution in [0.25, 0.3) is 0 Å². The summed E-state index contributed by atoms with van der Waals surface area (Å²) in [5.41, 5.74) is 2.63. The van der Waals surface area contributed by atoms with Crippen molar-refractivity contribution in [3.8, 4) is 0 Å². The van der Waals surface area contributed by atoms with Crippen molar-refractivity contribution < 1.29 is 8.96 Å². The Kier molecular flexibility index (Phi) is 2.81. The molecule has 0 fully saturated rings. The van der Waals surface area contributed by atoms with Gasteiger partial charge in [0.15, 0.2) is 0 Å². The molecule has 0 amide bonds. The van der Waals surface area contributed by atoms with Crippen molar-refractivity contribution in [2.45, 2.75) is 13.8 Å². The van der Waals surface area contributed by atoms with E-state index in [9.17, 15) is 0 Å². The molecule has 76 valence electrons. The predicted molar refractivity (Wildman–Crippen MR) is 62.1 cm³/mol. The van der Waals surface area contributed by atoms with Crippen LogP contribution in [0.3, 0.4) is 0 Å².